The highest BCUT2D eigenvalue weighted by atomic mass is 19.1. The second-order valence-corrected chi connectivity index (χ2v) is 1.98. The predicted molar refractivity (Wildman–Crippen MR) is 34.3 cm³/mol. The zero-order valence-corrected chi connectivity index (χ0v) is 6.10. The molecule has 1 aromatic heterocycles. The molecular formula is C6H6F3N3. The number of hydrogen-bond donors (Lipinski definition) is 0. The summed E-state index contributed by atoms with van der Waals surface area (Å²) in [5, 5.41) is 0. The molecule has 0 radical (unpaired) electrons. The Balaban J connectivity index is 3.01. The number of halogens is 3. The van der Waals surface area contributed by atoms with Crippen molar-refractivity contribution in [2.45, 2.75) is 20.0 Å². The highest BCUT2D eigenvalue weighted by Gasteiger charge is 2.05. The van der Waals surface area contributed by atoms with Crippen LogP contribution in [0.4, 0.5) is 13.2 Å². The van der Waals surface area contributed by atoms with Gasteiger partial charge in [0.25, 0.3) is 0 Å². The molecule has 0 bridgehead atoms. The van der Waals surface area contributed by atoms with Crippen LogP contribution in [0.1, 0.15) is 17.5 Å². The molecule has 0 fully saturated rings. The molecule has 0 N–H and O–H groups in total. The molecule has 0 saturated carbocycles. The summed E-state index contributed by atoms with van der Waals surface area (Å²) in [5.74, 6) is -0.694. The van der Waals surface area contributed by atoms with Crippen molar-refractivity contribution in [3.63, 3.8) is 0 Å². The Kier molecular flexibility index (Phi) is 2.95. The quantitative estimate of drug-likeness (QED) is 0.698. The highest BCUT2D eigenvalue weighted by molar-refractivity contribution is 4.95. The topological polar surface area (TPSA) is 38.7 Å². The lowest BCUT2D eigenvalue weighted by Gasteiger charge is -1.98. The third kappa shape index (κ3) is 1.90. The minimum atomic E-state index is -0.942. The van der Waals surface area contributed by atoms with E-state index in [-0.39, 0.29) is 17.5 Å². The van der Waals surface area contributed by atoms with Gasteiger partial charge in [0.05, 0.1) is 0 Å². The van der Waals surface area contributed by atoms with Crippen LogP contribution in [0.3, 0.4) is 0 Å². The minimum absolute atomic E-state index is 0.231. The Bertz CT molecular complexity index is 211. The van der Waals surface area contributed by atoms with Gasteiger partial charge in [0.1, 0.15) is 20.0 Å². The summed E-state index contributed by atoms with van der Waals surface area (Å²) >= 11 is 0. The van der Waals surface area contributed by atoms with Gasteiger partial charge >= 0.3 is 0 Å². The van der Waals surface area contributed by atoms with Crippen LogP contribution in [0.25, 0.3) is 0 Å². The summed E-state index contributed by atoms with van der Waals surface area (Å²) < 4.78 is 35.9. The number of aromatic nitrogens is 3. The summed E-state index contributed by atoms with van der Waals surface area (Å²) in [6.07, 6.45) is 0. The number of rotatable bonds is 3. The molecule has 6 heteroatoms. The molecule has 0 unspecified atom stereocenters. The SMILES string of the molecule is FCc1nc(CF)nc(CF)n1. The van der Waals surface area contributed by atoms with Crippen LogP contribution in [0.15, 0.2) is 0 Å². The molecule has 0 saturated heterocycles. The summed E-state index contributed by atoms with van der Waals surface area (Å²) in [4.78, 5) is 10.1. The zero-order valence-electron chi connectivity index (χ0n) is 6.10. The van der Waals surface area contributed by atoms with E-state index in [4.69, 9.17) is 0 Å². The average molecular weight is 177 g/mol. The monoisotopic (exact) mass is 177 g/mol. The molecule has 12 heavy (non-hydrogen) atoms. The first-order chi connectivity index (χ1) is 5.80. The average Bonchev–Trinajstić information content (AvgIpc) is 2.16. The van der Waals surface area contributed by atoms with E-state index in [1.165, 1.54) is 0 Å². The van der Waals surface area contributed by atoms with Gasteiger partial charge in [-0.25, -0.2) is 28.1 Å². The smallest absolute Gasteiger partial charge is 0.163 e. The van der Waals surface area contributed by atoms with Crippen molar-refractivity contribution in [2.75, 3.05) is 0 Å². The second kappa shape index (κ2) is 3.99. The highest BCUT2D eigenvalue weighted by Crippen LogP contribution is 2.00. The number of hydrogen-bond acceptors (Lipinski definition) is 3. The third-order valence-corrected chi connectivity index (χ3v) is 1.13. The minimum Gasteiger partial charge on any atom is -0.242 e. The molecule has 0 aliphatic carbocycles. The van der Waals surface area contributed by atoms with Crippen LogP contribution in [-0.4, -0.2) is 15.0 Å². The molecule has 0 amide bonds. The second-order valence-electron chi connectivity index (χ2n) is 1.98. The predicted octanol–water partition coefficient (Wildman–Crippen LogP) is 1.28. The Morgan fingerprint density at radius 3 is 1.08 bits per heavy atom. The van der Waals surface area contributed by atoms with Crippen molar-refractivity contribution in [2.24, 2.45) is 0 Å². The first kappa shape index (κ1) is 8.89. The van der Waals surface area contributed by atoms with E-state index < -0.39 is 20.0 Å². The van der Waals surface area contributed by atoms with Gasteiger partial charge in [-0.15, -0.1) is 0 Å². The first-order valence-corrected chi connectivity index (χ1v) is 3.20. The van der Waals surface area contributed by atoms with Crippen LogP contribution in [0.2, 0.25) is 0 Å². The first-order valence-electron chi connectivity index (χ1n) is 3.20. The third-order valence-electron chi connectivity index (χ3n) is 1.13. The molecule has 0 atom stereocenters. The molecule has 1 rings (SSSR count). The fraction of sp³-hybridized carbons (Fsp3) is 0.500. The summed E-state index contributed by atoms with van der Waals surface area (Å²) in [6.45, 7) is -2.83. The lowest BCUT2D eigenvalue weighted by molar-refractivity contribution is 0.417. The van der Waals surface area contributed by atoms with Crippen LogP contribution in [-0.2, 0) is 20.0 Å². The maximum absolute atomic E-state index is 12.0. The lowest BCUT2D eigenvalue weighted by atomic mass is 10.5. The van der Waals surface area contributed by atoms with E-state index >= 15 is 0 Å². The summed E-state index contributed by atoms with van der Waals surface area (Å²) in [7, 11) is 0. The standard InChI is InChI=1S/C6H6F3N3/c7-1-4-10-5(2-8)12-6(3-9)11-4/h1-3H2. The molecule has 0 aliphatic heterocycles. The maximum Gasteiger partial charge on any atom is 0.163 e. The molecular weight excluding hydrogens is 171 g/mol. The van der Waals surface area contributed by atoms with Gasteiger partial charge in [-0.1, -0.05) is 0 Å². The van der Waals surface area contributed by atoms with Crippen LogP contribution in [0, 0.1) is 0 Å². The molecule has 1 heterocycles. The fourth-order valence-corrected chi connectivity index (χ4v) is 0.701. The Morgan fingerprint density at radius 2 is 0.917 bits per heavy atom. The van der Waals surface area contributed by atoms with E-state index in [0.717, 1.165) is 0 Å². The van der Waals surface area contributed by atoms with E-state index in [0.29, 0.717) is 0 Å². The van der Waals surface area contributed by atoms with Crippen molar-refractivity contribution < 1.29 is 13.2 Å². The van der Waals surface area contributed by atoms with E-state index in [9.17, 15) is 13.2 Å². The molecule has 0 aliphatic rings. The molecule has 3 nitrogen and oxygen atoms in total. The molecule has 66 valence electrons. The number of nitrogens with zero attached hydrogens (tertiary/aromatic N) is 3. The largest absolute Gasteiger partial charge is 0.242 e. The van der Waals surface area contributed by atoms with Gasteiger partial charge in [-0.05, 0) is 0 Å². The van der Waals surface area contributed by atoms with Gasteiger partial charge in [-0.3, -0.25) is 0 Å². The fourth-order valence-electron chi connectivity index (χ4n) is 0.701. The van der Waals surface area contributed by atoms with E-state index in [1.807, 2.05) is 0 Å². The van der Waals surface area contributed by atoms with Gasteiger partial charge in [0.2, 0.25) is 0 Å². The van der Waals surface area contributed by atoms with Crippen molar-refractivity contribution >= 4 is 0 Å². The Labute approximate surface area is 66.7 Å². The Hall–Kier alpha value is -1.20. The van der Waals surface area contributed by atoms with Crippen LogP contribution < -0.4 is 0 Å². The van der Waals surface area contributed by atoms with E-state index in [1.54, 1.807) is 0 Å². The van der Waals surface area contributed by atoms with Crippen LogP contribution >= 0.6 is 0 Å². The molecule has 0 aromatic carbocycles. The van der Waals surface area contributed by atoms with Crippen LogP contribution in [0.5, 0.6) is 0 Å². The van der Waals surface area contributed by atoms with E-state index in [2.05, 4.69) is 15.0 Å². The van der Waals surface area contributed by atoms with Gasteiger partial charge < -0.3 is 0 Å². The maximum atomic E-state index is 12.0. The van der Waals surface area contributed by atoms with Crippen molar-refractivity contribution in [3.05, 3.63) is 17.5 Å². The molecule has 1 aromatic rings. The zero-order chi connectivity index (χ0) is 8.97. The van der Waals surface area contributed by atoms with Crippen molar-refractivity contribution in [1.29, 1.82) is 0 Å². The normalized spacial score (nSPS) is 10.2. The van der Waals surface area contributed by atoms with Gasteiger partial charge in [0.15, 0.2) is 17.5 Å². The van der Waals surface area contributed by atoms with Gasteiger partial charge in [0, 0.05) is 0 Å². The number of alkyl halides is 3. The summed E-state index contributed by atoms with van der Waals surface area (Å²) in [6, 6.07) is 0. The molecule has 0 spiro atoms. The summed E-state index contributed by atoms with van der Waals surface area (Å²) in [5.41, 5.74) is 0. The van der Waals surface area contributed by atoms with Gasteiger partial charge in [-0.2, -0.15) is 0 Å². The van der Waals surface area contributed by atoms with Crippen molar-refractivity contribution in [3.8, 4) is 0 Å². The Morgan fingerprint density at radius 1 is 0.667 bits per heavy atom. The van der Waals surface area contributed by atoms with Crippen molar-refractivity contribution in [1.82, 2.24) is 15.0 Å². The lowest BCUT2D eigenvalue weighted by Crippen LogP contribution is -2.04.